The number of rotatable bonds is 5. The zero-order chi connectivity index (χ0) is 14.0. The van der Waals surface area contributed by atoms with Crippen molar-refractivity contribution in [3.8, 4) is 0 Å². The molecular weight excluding hydrogens is 244 g/mol. The second kappa shape index (κ2) is 5.19. The molecule has 19 heavy (non-hydrogen) atoms. The number of nitrogens with zero attached hydrogens (tertiary/aromatic N) is 1. The Kier molecular flexibility index (Phi) is 3.78. The predicted molar refractivity (Wildman–Crippen MR) is 74.4 cm³/mol. The Morgan fingerprint density at radius 1 is 1.42 bits per heavy atom. The van der Waals surface area contributed by atoms with Crippen molar-refractivity contribution >= 4 is 11.1 Å². The molecule has 0 saturated carbocycles. The Morgan fingerprint density at radius 3 is 2.84 bits per heavy atom. The molecule has 104 valence electrons. The summed E-state index contributed by atoms with van der Waals surface area (Å²) < 4.78 is 6.70. The molecule has 5 nitrogen and oxygen atoms in total. The van der Waals surface area contributed by atoms with Crippen LogP contribution in [0.5, 0.6) is 0 Å². The summed E-state index contributed by atoms with van der Waals surface area (Å²) in [5, 5.41) is 12.0. The minimum absolute atomic E-state index is 0.0994. The van der Waals surface area contributed by atoms with Crippen LogP contribution in [0, 0.1) is 0 Å². The average molecular weight is 264 g/mol. The molecule has 1 aromatic carbocycles. The van der Waals surface area contributed by atoms with Gasteiger partial charge in [-0.15, -0.1) is 0 Å². The number of aliphatic hydroxyl groups excluding tert-OH is 1. The van der Waals surface area contributed by atoms with E-state index in [0.29, 0.717) is 12.1 Å². The van der Waals surface area contributed by atoms with E-state index in [1.165, 1.54) is 4.57 Å². The van der Waals surface area contributed by atoms with E-state index in [-0.39, 0.29) is 17.8 Å². The van der Waals surface area contributed by atoms with Crippen molar-refractivity contribution < 1.29 is 9.52 Å². The molecule has 2 N–H and O–H groups in total. The summed E-state index contributed by atoms with van der Waals surface area (Å²) >= 11 is 0. The van der Waals surface area contributed by atoms with Crippen molar-refractivity contribution in [1.82, 2.24) is 9.88 Å². The molecule has 0 spiro atoms. The van der Waals surface area contributed by atoms with Crippen LogP contribution in [0.25, 0.3) is 11.1 Å². The minimum atomic E-state index is -0.344. The summed E-state index contributed by atoms with van der Waals surface area (Å²) in [6.45, 7) is 5.67. The highest BCUT2D eigenvalue weighted by Crippen LogP contribution is 2.25. The van der Waals surface area contributed by atoms with Gasteiger partial charge in [-0.25, -0.2) is 4.79 Å². The van der Waals surface area contributed by atoms with Crippen molar-refractivity contribution in [1.29, 1.82) is 0 Å². The van der Waals surface area contributed by atoms with Gasteiger partial charge in [0.1, 0.15) is 0 Å². The third kappa shape index (κ3) is 2.72. The third-order valence-electron chi connectivity index (χ3n) is 3.43. The van der Waals surface area contributed by atoms with Crippen molar-refractivity contribution in [3.05, 3.63) is 34.3 Å². The van der Waals surface area contributed by atoms with Crippen LogP contribution < -0.4 is 11.1 Å². The molecule has 0 unspecified atom stereocenters. The van der Waals surface area contributed by atoms with E-state index in [2.05, 4.69) is 19.2 Å². The third-order valence-corrected chi connectivity index (χ3v) is 3.43. The zero-order valence-electron chi connectivity index (χ0n) is 11.6. The number of aromatic nitrogens is 1. The molecule has 0 aliphatic carbocycles. The smallest absolute Gasteiger partial charge is 0.408 e. The first kappa shape index (κ1) is 13.8. The molecule has 1 aromatic heterocycles. The van der Waals surface area contributed by atoms with E-state index < -0.39 is 0 Å². The highest BCUT2D eigenvalue weighted by Gasteiger charge is 2.21. The number of fused-ring (bicyclic) bond motifs is 1. The monoisotopic (exact) mass is 264 g/mol. The van der Waals surface area contributed by atoms with Gasteiger partial charge in [-0.3, -0.25) is 4.57 Å². The fourth-order valence-electron chi connectivity index (χ4n) is 2.14. The van der Waals surface area contributed by atoms with E-state index in [1.807, 2.05) is 18.2 Å². The van der Waals surface area contributed by atoms with Gasteiger partial charge in [0, 0.05) is 25.6 Å². The van der Waals surface area contributed by atoms with Gasteiger partial charge in [0.25, 0.3) is 0 Å². The largest absolute Gasteiger partial charge is 0.419 e. The van der Waals surface area contributed by atoms with Crippen LogP contribution in [-0.2, 0) is 12.5 Å². The number of hydrogen-bond acceptors (Lipinski definition) is 4. The van der Waals surface area contributed by atoms with Gasteiger partial charge in [0.05, 0.1) is 12.1 Å². The number of oxazole rings is 1. The Morgan fingerprint density at radius 2 is 2.16 bits per heavy atom. The van der Waals surface area contributed by atoms with E-state index in [4.69, 9.17) is 9.52 Å². The number of aryl methyl sites for hydroxylation is 1. The van der Waals surface area contributed by atoms with Gasteiger partial charge in [0.15, 0.2) is 5.58 Å². The molecule has 0 radical (unpaired) electrons. The molecule has 0 aliphatic heterocycles. The van der Waals surface area contributed by atoms with Crippen LogP contribution in [-0.4, -0.2) is 29.4 Å². The quantitative estimate of drug-likeness (QED) is 0.790. The SMILES string of the molecule is Cn1c(=O)oc2cc(C(C)(C)CNCCO)ccc21. The summed E-state index contributed by atoms with van der Waals surface area (Å²) in [4.78, 5) is 11.5. The maximum atomic E-state index is 11.5. The second-order valence-corrected chi connectivity index (χ2v) is 5.39. The van der Waals surface area contributed by atoms with Crippen molar-refractivity contribution in [3.63, 3.8) is 0 Å². The Balaban J connectivity index is 2.32. The van der Waals surface area contributed by atoms with Crippen LogP contribution in [0.15, 0.2) is 27.4 Å². The number of nitrogens with one attached hydrogen (secondary N) is 1. The average Bonchev–Trinajstić information content (AvgIpc) is 2.65. The van der Waals surface area contributed by atoms with Crippen LogP contribution in [0.2, 0.25) is 0 Å². The molecule has 0 atom stereocenters. The standard InChI is InChI=1S/C14H20N2O3/c1-14(2,9-15-6-7-17)10-4-5-11-12(8-10)19-13(18)16(11)3/h4-5,8,15,17H,6-7,9H2,1-3H3. The number of benzene rings is 1. The number of aliphatic hydroxyl groups is 1. The molecule has 0 amide bonds. The topological polar surface area (TPSA) is 67.4 Å². The first-order valence-corrected chi connectivity index (χ1v) is 6.37. The number of hydrogen-bond donors (Lipinski definition) is 2. The predicted octanol–water partition coefficient (Wildman–Crippen LogP) is 0.991. The fraction of sp³-hybridized carbons (Fsp3) is 0.500. The molecule has 0 bridgehead atoms. The summed E-state index contributed by atoms with van der Waals surface area (Å²) in [5.41, 5.74) is 2.41. The summed E-state index contributed by atoms with van der Waals surface area (Å²) in [6.07, 6.45) is 0. The van der Waals surface area contributed by atoms with Gasteiger partial charge in [0.2, 0.25) is 0 Å². The molecule has 0 fully saturated rings. The van der Waals surface area contributed by atoms with E-state index in [9.17, 15) is 4.79 Å². The first-order chi connectivity index (χ1) is 8.95. The normalized spacial score (nSPS) is 12.2. The molecule has 1 heterocycles. The van der Waals surface area contributed by atoms with Crippen molar-refractivity contribution in [2.75, 3.05) is 19.7 Å². The highest BCUT2D eigenvalue weighted by atomic mass is 16.4. The van der Waals surface area contributed by atoms with E-state index >= 15 is 0 Å². The molecule has 0 aliphatic rings. The van der Waals surface area contributed by atoms with Gasteiger partial charge < -0.3 is 14.8 Å². The maximum absolute atomic E-state index is 11.5. The van der Waals surface area contributed by atoms with E-state index in [0.717, 1.165) is 17.6 Å². The summed E-state index contributed by atoms with van der Waals surface area (Å²) in [6, 6.07) is 5.83. The van der Waals surface area contributed by atoms with Gasteiger partial charge in [-0.1, -0.05) is 19.9 Å². The molecule has 0 saturated heterocycles. The van der Waals surface area contributed by atoms with Crippen LogP contribution in [0.1, 0.15) is 19.4 Å². The van der Waals surface area contributed by atoms with Gasteiger partial charge in [-0.05, 0) is 17.7 Å². The van der Waals surface area contributed by atoms with Crippen LogP contribution in [0.4, 0.5) is 0 Å². The van der Waals surface area contributed by atoms with E-state index in [1.54, 1.807) is 7.05 Å². The van der Waals surface area contributed by atoms with Gasteiger partial charge >= 0.3 is 5.76 Å². The molecular formula is C14H20N2O3. The second-order valence-electron chi connectivity index (χ2n) is 5.39. The van der Waals surface area contributed by atoms with Crippen molar-refractivity contribution in [2.45, 2.75) is 19.3 Å². The lowest BCUT2D eigenvalue weighted by molar-refractivity contribution is 0.286. The fourth-order valence-corrected chi connectivity index (χ4v) is 2.14. The lowest BCUT2D eigenvalue weighted by Crippen LogP contribution is -2.34. The van der Waals surface area contributed by atoms with Crippen LogP contribution >= 0.6 is 0 Å². The molecule has 2 rings (SSSR count). The van der Waals surface area contributed by atoms with Gasteiger partial charge in [-0.2, -0.15) is 0 Å². The summed E-state index contributed by atoms with van der Waals surface area (Å²) in [7, 11) is 1.70. The Bertz CT molecular complexity index is 625. The zero-order valence-corrected chi connectivity index (χ0v) is 11.6. The van der Waals surface area contributed by atoms with Crippen molar-refractivity contribution in [2.24, 2.45) is 7.05 Å². The lowest BCUT2D eigenvalue weighted by atomic mass is 9.84. The highest BCUT2D eigenvalue weighted by molar-refractivity contribution is 5.74. The van der Waals surface area contributed by atoms with Crippen LogP contribution in [0.3, 0.4) is 0 Å². The Hall–Kier alpha value is -1.59. The lowest BCUT2D eigenvalue weighted by Gasteiger charge is -2.25. The first-order valence-electron chi connectivity index (χ1n) is 6.37. The molecule has 5 heteroatoms. The molecule has 2 aromatic rings. The minimum Gasteiger partial charge on any atom is -0.408 e. The maximum Gasteiger partial charge on any atom is 0.419 e. The summed E-state index contributed by atoms with van der Waals surface area (Å²) in [5.74, 6) is -0.344. The Labute approximate surface area is 111 Å².